The normalized spacial score (nSPS) is 15.3. The van der Waals surface area contributed by atoms with E-state index in [9.17, 15) is 9.59 Å². The predicted octanol–water partition coefficient (Wildman–Crippen LogP) is 1.72. The molecule has 0 aliphatic carbocycles. The smallest absolute Gasteiger partial charge is 0.236 e. The quantitative estimate of drug-likeness (QED) is 0.887. The van der Waals surface area contributed by atoms with Crippen molar-refractivity contribution in [3.8, 4) is 0 Å². The second-order valence-electron chi connectivity index (χ2n) is 7.31. The van der Waals surface area contributed by atoms with E-state index in [-0.39, 0.29) is 11.8 Å². The third kappa shape index (κ3) is 4.07. The zero-order valence-electron chi connectivity index (χ0n) is 15.9. The number of nitrogens with zero attached hydrogens (tertiary/aromatic N) is 3. The van der Waals surface area contributed by atoms with Gasteiger partial charge in [-0.1, -0.05) is 18.2 Å². The zero-order valence-corrected chi connectivity index (χ0v) is 15.9. The standard InChI is InChI=1S/C20H28N4O2/c1-15(2)22(3)14-20(26)24-10-8-23(9-11-24)19(25)12-16-13-21-18-7-5-4-6-17(16)18/h4-7,13,15,21H,8-12,14H2,1-3H3. The van der Waals surface area contributed by atoms with Gasteiger partial charge in [-0.05, 0) is 32.5 Å². The summed E-state index contributed by atoms with van der Waals surface area (Å²) in [6.07, 6.45) is 2.32. The van der Waals surface area contributed by atoms with E-state index in [1.165, 1.54) is 0 Å². The van der Waals surface area contributed by atoms with Crippen molar-refractivity contribution in [1.29, 1.82) is 0 Å². The fourth-order valence-electron chi connectivity index (χ4n) is 3.25. The molecule has 1 aliphatic heterocycles. The summed E-state index contributed by atoms with van der Waals surface area (Å²) in [5.41, 5.74) is 2.09. The maximum absolute atomic E-state index is 12.7. The fourth-order valence-corrected chi connectivity index (χ4v) is 3.25. The minimum absolute atomic E-state index is 0.126. The number of fused-ring (bicyclic) bond motifs is 1. The summed E-state index contributed by atoms with van der Waals surface area (Å²) in [7, 11) is 1.96. The van der Waals surface area contributed by atoms with Gasteiger partial charge >= 0.3 is 0 Å². The molecule has 1 aliphatic rings. The summed E-state index contributed by atoms with van der Waals surface area (Å²) in [6, 6.07) is 8.37. The largest absolute Gasteiger partial charge is 0.361 e. The zero-order chi connectivity index (χ0) is 18.7. The van der Waals surface area contributed by atoms with Crippen LogP contribution in [0.5, 0.6) is 0 Å². The molecule has 1 fully saturated rings. The lowest BCUT2D eigenvalue weighted by atomic mass is 10.1. The first-order chi connectivity index (χ1) is 12.5. The topological polar surface area (TPSA) is 59.7 Å². The molecule has 0 unspecified atom stereocenters. The Morgan fingerprint density at radius 1 is 1.08 bits per heavy atom. The van der Waals surface area contributed by atoms with Crippen LogP contribution in [0.4, 0.5) is 0 Å². The van der Waals surface area contributed by atoms with Crippen LogP contribution in [0.25, 0.3) is 10.9 Å². The van der Waals surface area contributed by atoms with Crippen LogP contribution in [0.1, 0.15) is 19.4 Å². The highest BCUT2D eigenvalue weighted by Gasteiger charge is 2.25. The Balaban J connectivity index is 1.53. The van der Waals surface area contributed by atoms with E-state index in [1.54, 1.807) is 0 Å². The first kappa shape index (κ1) is 18.5. The van der Waals surface area contributed by atoms with E-state index in [2.05, 4.69) is 18.8 Å². The number of hydrogen-bond donors (Lipinski definition) is 1. The Bertz CT molecular complexity index is 775. The maximum Gasteiger partial charge on any atom is 0.236 e. The number of aromatic nitrogens is 1. The molecule has 1 aromatic carbocycles. The van der Waals surface area contributed by atoms with Gasteiger partial charge in [0.05, 0.1) is 13.0 Å². The summed E-state index contributed by atoms with van der Waals surface area (Å²) in [6.45, 7) is 7.04. The highest BCUT2D eigenvalue weighted by Crippen LogP contribution is 2.19. The van der Waals surface area contributed by atoms with Gasteiger partial charge in [-0.25, -0.2) is 0 Å². The van der Waals surface area contributed by atoms with Gasteiger partial charge in [0.1, 0.15) is 0 Å². The Labute approximate surface area is 154 Å². The summed E-state index contributed by atoms with van der Waals surface area (Å²) < 4.78 is 0. The van der Waals surface area contributed by atoms with Crippen molar-refractivity contribution in [2.75, 3.05) is 39.8 Å². The molecule has 0 saturated carbocycles. The number of aromatic amines is 1. The number of carbonyl (C=O) groups is 2. The molecule has 6 nitrogen and oxygen atoms in total. The van der Waals surface area contributed by atoms with Gasteiger partial charge in [-0.2, -0.15) is 0 Å². The molecule has 6 heteroatoms. The van der Waals surface area contributed by atoms with Gasteiger partial charge in [0.15, 0.2) is 0 Å². The first-order valence-electron chi connectivity index (χ1n) is 9.26. The molecule has 140 valence electrons. The Morgan fingerprint density at radius 3 is 2.35 bits per heavy atom. The summed E-state index contributed by atoms with van der Waals surface area (Å²) in [4.78, 5) is 34.0. The molecule has 2 aromatic rings. The summed E-state index contributed by atoms with van der Waals surface area (Å²) in [5, 5.41) is 1.10. The van der Waals surface area contributed by atoms with Crippen LogP contribution in [-0.2, 0) is 16.0 Å². The van der Waals surface area contributed by atoms with Crippen molar-refractivity contribution >= 4 is 22.7 Å². The van der Waals surface area contributed by atoms with Gasteiger partial charge in [-0.3, -0.25) is 14.5 Å². The fraction of sp³-hybridized carbons (Fsp3) is 0.500. The van der Waals surface area contributed by atoms with E-state index in [0.29, 0.717) is 45.2 Å². The lowest BCUT2D eigenvalue weighted by Gasteiger charge is -2.36. The second-order valence-corrected chi connectivity index (χ2v) is 7.31. The molecule has 0 atom stereocenters. The predicted molar refractivity (Wildman–Crippen MR) is 103 cm³/mol. The Hall–Kier alpha value is -2.34. The van der Waals surface area contributed by atoms with E-state index >= 15 is 0 Å². The van der Waals surface area contributed by atoms with E-state index < -0.39 is 0 Å². The SMILES string of the molecule is CC(C)N(C)CC(=O)N1CCN(C(=O)Cc2c[nH]c3ccccc23)CC1. The number of nitrogens with one attached hydrogen (secondary N) is 1. The molecule has 26 heavy (non-hydrogen) atoms. The van der Waals surface area contributed by atoms with Gasteiger partial charge in [0.2, 0.25) is 11.8 Å². The highest BCUT2D eigenvalue weighted by molar-refractivity contribution is 5.89. The van der Waals surface area contributed by atoms with Crippen LogP contribution in [0.15, 0.2) is 30.5 Å². The molecule has 2 amide bonds. The number of carbonyl (C=O) groups excluding carboxylic acids is 2. The number of amides is 2. The third-order valence-electron chi connectivity index (χ3n) is 5.27. The van der Waals surface area contributed by atoms with Crippen LogP contribution in [0.2, 0.25) is 0 Å². The minimum atomic E-state index is 0.126. The Kier molecular flexibility index (Phi) is 5.61. The van der Waals surface area contributed by atoms with Crippen molar-refractivity contribution < 1.29 is 9.59 Å². The molecular weight excluding hydrogens is 328 g/mol. The van der Waals surface area contributed by atoms with Crippen molar-refractivity contribution in [3.63, 3.8) is 0 Å². The van der Waals surface area contributed by atoms with Gasteiger partial charge < -0.3 is 14.8 Å². The lowest BCUT2D eigenvalue weighted by molar-refractivity contribution is -0.139. The van der Waals surface area contributed by atoms with Crippen molar-refractivity contribution in [1.82, 2.24) is 19.7 Å². The molecule has 3 rings (SSSR count). The average Bonchev–Trinajstić information content (AvgIpc) is 3.04. The number of hydrogen-bond acceptors (Lipinski definition) is 3. The van der Waals surface area contributed by atoms with Gasteiger partial charge in [0, 0.05) is 49.3 Å². The molecule has 1 N–H and O–H groups in total. The number of para-hydroxylation sites is 1. The first-order valence-corrected chi connectivity index (χ1v) is 9.26. The van der Waals surface area contributed by atoms with Crippen LogP contribution in [0.3, 0.4) is 0 Å². The van der Waals surface area contributed by atoms with E-state index in [4.69, 9.17) is 0 Å². The molecule has 2 heterocycles. The lowest BCUT2D eigenvalue weighted by Crippen LogP contribution is -2.53. The van der Waals surface area contributed by atoms with E-state index in [1.807, 2.05) is 52.2 Å². The molecule has 0 spiro atoms. The molecule has 0 radical (unpaired) electrons. The number of rotatable bonds is 5. The van der Waals surface area contributed by atoms with Crippen molar-refractivity contribution in [2.24, 2.45) is 0 Å². The molecular formula is C20H28N4O2. The molecule has 1 aromatic heterocycles. The average molecular weight is 356 g/mol. The van der Waals surface area contributed by atoms with Crippen LogP contribution < -0.4 is 0 Å². The number of H-pyrrole nitrogens is 1. The van der Waals surface area contributed by atoms with E-state index in [0.717, 1.165) is 16.5 Å². The third-order valence-corrected chi connectivity index (χ3v) is 5.27. The molecule has 0 bridgehead atoms. The number of likely N-dealkylation sites (N-methyl/N-ethyl adjacent to an activating group) is 1. The minimum Gasteiger partial charge on any atom is -0.361 e. The second kappa shape index (κ2) is 7.91. The number of piperazine rings is 1. The van der Waals surface area contributed by atoms with Gasteiger partial charge in [0.25, 0.3) is 0 Å². The highest BCUT2D eigenvalue weighted by atomic mass is 16.2. The van der Waals surface area contributed by atoms with Crippen molar-refractivity contribution in [3.05, 3.63) is 36.0 Å². The van der Waals surface area contributed by atoms with Gasteiger partial charge in [-0.15, -0.1) is 0 Å². The van der Waals surface area contributed by atoms with Crippen LogP contribution in [-0.4, -0.2) is 77.3 Å². The summed E-state index contributed by atoms with van der Waals surface area (Å²) >= 11 is 0. The summed E-state index contributed by atoms with van der Waals surface area (Å²) in [5.74, 6) is 0.270. The maximum atomic E-state index is 12.7. The van der Waals surface area contributed by atoms with Crippen LogP contribution >= 0.6 is 0 Å². The molecule has 1 saturated heterocycles. The monoisotopic (exact) mass is 356 g/mol. The Morgan fingerprint density at radius 2 is 1.69 bits per heavy atom. The van der Waals surface area contributed by atoms with Crippen molar-refractivity contribution in [2.45, 2.75) is 26.3 Å². The van der Waals surface area contributed by atoms with Crippen LogP contribution in [0, 0.1) is 0 Å². The number of benzene rings is 1.